The fourth-order valence-electron chi connectivity index (χ4n) is 2.17. The number of nitrogens with one attached hydrogen (secondary N) is 1. The summed E-state index contributed by atoms with van der Waals surface area (Å²) < 4.78 is 10.6. The lowest BCUT2D eigenvalue weighted by Crippen LogP contribution is -2.23. The van der Waals surface area contributed by atoms with Crippen LogP contribution in [0.2, 0.25) is 5.02 Å². The summed E-state index contributed by atoms with van der Waals surface area (Å²) in [4.78, 5) is 13.4. The number of ether oxygens (including phenoxy) is 2. The van der Waals surface area contributed by atoms with Crippen LogP contribution in [0.5, 0.6) is 11.5 Å². The van der Waals surface area contributed by atoms with Gasteiger partial charge in [-0.3, -0.25) is 4.79 Å². The molecule has 0 radical (unpaired) electrons. The molecule has 0 saturated heterocycles. The molecule has 0 atom stereocenters. The largest absolute Gasteiger partial charge is 0.493 e. The summed E-state index contributed by atoms with van der Waals surface area (Å²) in [5.41, 5.74) is 1.29. The quantitative estimate of drug-likeness (QED) is 0.799. The van der Waals surface area contributed by atoms with Gasteiger partial charge in [-0.25, -0.2) is 0 Å². The molecule has 0 heterocycles. The molecule has 0 unspecified atom stereocenters. The summed E-state index contributed by atoms with van der Waals surface area (Å²) in [6.07, 6.45) is 1.95. The molecule has 2 aromatic carbocycles. The van der Waals surface area contributed by atoms with Gasteiger partial charge in [-0.1, -0.05) is 23.7 Å². The standard InChI is InChI=1S/C17H18ClNO3S/c1-21-15-6-4-5-11(16(15)22-2)10-19-17(20)13-9-12(23-3)7-8-14(13)18/h4-9H,10H2,1-3H3,(H,19,20). The summed E-state index contributed by atoms with van der Waals surface area (Å²) in [6, 6.07) is 10.9. The number of benzene rings is 2. The van der Waals surface area contributed by atoms with Crippen LogP contribution in [0, 0.1) is 0 Å². The van der Waals surface area contributed by atoms with Gasteiger partial charge in [0.2, 0.25) is 0 Å². The summed E-state index contributed by atoms with van der Waals surface area (Å²) in [6.45, 7) is 0.318. The Morgan fingerprint density at radius 2 is 2.00 bits per heavy atom. The molecule has 0 aromatic heterocycles. The third-order valence-corrected chi connectivity index (χ3v) is 4.40. The maximum atomic E-state index is 12.4. The Morgan fingerprint density at radius 1 is 1.22 bits per heavy atom. The maximum Gasteiger partial charge on any atom is 0.253 e. The van der Waals surface area contributed by atoms with Crippen molar-refractivity contribution >= 4 is 29.3 Å². The molecule has 23 heavy (non-hydrogen) atoms. The van der Waals surface area contributed by atoms with Crippen LogP contribution in [0.4, 0.5) is 0 Å². The van der Waals surface area contributed by atoms with Gasteiger partial charge in [0.05, 0.1) is 24.8 Å². The zero-order valence-corrected chi connectivity index (χ0v) is 14.8. The summed E-state index contributed by atoms with van der Waals surface area (Å²) >= 11 is 7.68. The molecule has 2 aromatic rings. The van der Waals surface area contributed by atoms with Gasteiger partial charge in [-0.15, -0.1) is 11.8 Å². The van der Waals surface area contributed by atoms with E-state index >= 15 is 0 Å². The van der Waals surface area contributed by atoms with Gasteiger partial charge in [0.25, 0.3) is 5.91 Å². The monoisotopic (exact) mass is 351 g/mol. The van der Waals surface area contributed by atoms with Crippen LogP contribution in [0.3, 0.4) is 0 Å². The minimum atomic E-state index is -0.226. The Balaban J connectivity index is 2.17. The van der Waals surface area contributed by atoms with E-state index in [-0.39, 0.29) is 5.91 Å². The van der Waals surface area contributed by atoms with E-state index in [1.54, 1.807) is 38.1 Å². The van der Waals surface area contributed by atoms with Crippen LogP contribution >= 0.6 is 23.4 Å². The first-order valence-electron chi connectivity index (χ1n) is 6.92. The molecule has 4 nitrogen and oxygen atoms in total. The van der Waals surface area contributed by atoms with E-state index in [9.17, 15) is 4.79 Å². The van der Waals surface area contributed by atoms with Crippen LogP contribution in [0.1, 0.15) is 15.9 Å². The number of hydrogen-bond donors (Lipinski definition) is 1. The smallest absolute Gasteiger partial charge is 0.253 e. The molecule has 0 fully saturated rings. The van der Waals surface area contributed by atoms with E-state index < -0.39 is 0 Å². The Kier molecular flexibility index (Phi) is 6.19. The second-order valence-electron chi connectivity index (χ2n) is 4.68. The number of amides is 1. The van der Waals surface area contributed by atoms with E-state index in [2.05, 4.69) is 5.32 Å². The van der Waals surface area contributed by atoms with Crippen LogP contribution < -0.4 is 14.8 Å². The van der Waals surface area contributed by atoms with Gasteiger partial charge < -0.3 is 14.8 Å². The minimum Gasteiger partial charge on any atom is -0.493 e. The van der Waals surface area contributed by atoms with E-state index in [0.29, 0.717) is 28.6 Å². The lowest BCUT2D eigenvalue weighted by Gasteiger charge is -2.13. The molecular formula is C17H18ClNO3S. The first kappa shape index (κ1) is 17.5. The lowest BCUT2D eigenvalue weighted by molar-refractivity contribution is 0.0950. The molecule has 0 spiro atoms. The number of carbonyl (C=O) groups excluding carboxylic acids is 1. The molecule has 1 amide bonds. The van der Waals surface area contributed by atoms with Crippen molar-refractivity contribution in [3.63, 3.8) is 0 Å². The van der Waals surface area contributed by atoms with Gasteiger partial charge in [0, 0.05) is 17.0 Å². The highest BCUT2D eigenvalue weighted by Gasteiger charge is 2.14. The molecule has 6 heteroatoms. The topological polar surface area (TPSA) is 47.6 Å². The first-order valence-corrected chi connectivity index (χ1v) is 8.52. The van der Waals surface area contributed by atoms with Gasteiger partial charge in [0.15, 0.2) is 11.5 Å². The zero-order valence-electron chi connectivity index (χ0n) is 13.2. The van der Waals surface area contributed by atoms with Crippen molar-refractivity contribution in [1.29, 1.82) is 0 Å². The van der Waals surface area contributed by atoms with E-state index in [4.69, 9.17) is 21.1 Å². The van der Waals surface area contributed by atoms with Crippen molar-refractivity contribution in [3.8, 4) is 11.5 Å². The van der Waals surface area contributed by atoms with Gasteiger partial charge in [-0.2, -0.15) is 0 Å². The first-order chi connectivity index (χ1) is 11.1. The lowest BCUT2D eigenvalue weighted by atomic mass is 10.1. The molecule has 122 valence electrons. The molecule has 0 aliphatic heterocycles. The highest BCUT2D eigenvalue weighted by molar-refractivity contribution is 7.98. The van der Waals surface area contributed by atoms with Crippen molar-refractivity contribution in [2.75, 3.05) is 20.5 Å². The van der Waals surface area contributed by atoms with Gasteiger partial charge >= 0.3 is 0 Å². The molecular weight excluding hydrogens is 334 g/mol. The predicted molar refractivity (Wildman–Crippen MR) is 93.9 cm³/mol. The molecule has 2 rings (SSSR count). The van der Waals surface area contributed by atoms with E-state index in [0.717, 1.165) is 10.5 Å². The fourth-order valence-corrected chi connectivity index (χ4v) is 2.81. The van der Waals surface area contributed by atoms with E-state index in [1.165, 1.54) is 0 Å². The number of hydrogen-bond acceptors (Lipinski definition) is 4. The number of halogens is 1. The highest BCUT2D eigenvalue weighted by Crippen LogP contribution is 2.30. The van der Waals surface area contributed by atoms with Gasteiger partial charge in [0.1, 0.15) is 0 Å². The number of carbonyl (C=O) groups is 1. The summed E-state index contributed by atoms with van der Waals surface area (Å²) in [7, 11) is 3.15. The van der Waals surface area contributed by atoms with E-state index in [1.807, 2.05) is 30.5 Å². The normalized spacial score (nSPS) is 10.3. The Labute approximate surface area is 145 Å². The summed E-state index contributed by atoms with van der Waals surface area (Å²) in [5, 5.41) is 3.29. The predicted octanol–water partition coefficient (Wildman–Crippen LogP) is 4.01. The van der Waals surface area contributed by atoms with Crippen molar-refractivity contribution < 1.29 is 14.3 Å². The maximum absolute atomic E-state index is 12.4. The van der Waals surface area contributed by atoms with Crippen LogP contribution in [0.15, 0.2) is 41.3 Å². The molecule has 0 aliphatic carbocycles. The molecule has 1 N–H and O–H groups in total. The fraction of sp³-hybridized carbons (Fsp3) is 0.235. The Hall–Kier alpha value is -1.85. The van der Waals surface area contributed by atoms with Gasteiger partial charge in [-0.05, 0) is 30.5 Å². The van der Waals surface area contributed by atoms with Crippen LogP contribution in [-0.2, 0) is 6.54 Å². The minimum absolute atomic E-state index is 0.226. The molecule has 0 saturated carbocycles. The second-order valence-corrected chi connectivity index (χ2v) is 5.97. The highest BCUT2D eigenvalue weighted by atomic mass is 35.5. The van der Waals surface area contributed by atoms with Crippen LogP contribution in [-0.4, -0.2) is 26.4 Å². The summed E-state index contributed by atoms with van der Waals surface area (Å²) in [5.74, 6) is 1.01. The average molecular weight is 352 g/mol. The third kappa shape index (κ3) is 4.12. The SMILES string of the molecule is COc1cccc(CNC(=O)c2cc(SC)ccc2Cl)c1OC. The Morgan fingerprint density at radius 3 is 2.65 bits per heavy atom. The zero-order chi connectivity index (χ0) is 16.8. The molecule has 0 aliphatic rings. The Bertz CT molecular complexity index is 706. The number of methoxy groups -OCH3 is 2. The number of thioether (sulfide) groups is 1. The van der Waals surface area contributed by atoms with Crippen molar-refractivity contribution in [2.45, 2.75) is 11.4 Å². The second kappa shape index (κ2) is 8.13. The third-order valence-electron chi connectivity index (χ3n) is 3.34. The van der Waals surface area contributed by atoms with Crippen molar-refractivity contribution in [2.24, 2.45) is 0 Å². The van der Waals surface area contributed by atoms with Crippen molar-refractivity contribution in [1.82, 2.24) is 5.32 Å². The average Bonchev–Trinajstić information content (AvgIpc) is 2.59. The van der Waals surface area contributed by atoms with Crippen molar-refractivity contribution in [3.05, 3.63) is 52.5 Å². The molecule has 0 bridgehead atoms. The number of rotatable bonds is 6. The van der Waals surface area contributed by atoms with Crippen LogP contribution in [0.25, 0.3) is 0 Å². The number of para-hydroxylation sites is 1.